The van der Waals surface area contributed by atoms with E-state index in [2.05, 4.69) is 4.99 Å². The molecule has 12 heteroatoms. The Morgan fingerprint density at radius 1 is 0.857 bits per heavy atom. The molecule has 0 spiro atoms. The molecule has 0 aliphatic carbocycles. The van der Waals surface area contributed by atoms with Gasteiger partial charge >= 0.3 is 6.09 Å². The minimum atomic E-state index is -1.42. The van der Waals surface area contributed by atoms with E-state index in [4.69, 9.17) is 18.9 Å². The lowest BCUT2D eigenvalue weighted by atomic mass is 10.1. The first-order chi connectivity index (χ1) is 27.1. The molecule has 0 unspecified atom stereocenters. The van der Waals surface area contributed by atoms with Gasteiger partial charge in [0, 0.05) is 37.2 Å². The Hall–Kier alpha value is -6.14. The first kappa shape index (κ1) is 38.1. The third-order valence-corrected chi connectivity index (χ3v) is 10.2. The monoisotopic (exact) mass is 758 g/mol. The number of carbonyl (C=O) groups excluding carboxylic acids is 3. The highest BCUT2D eigenvalue weighted by molar-refractivity contribution is 6.07. The standard InChI is InChI=1S/C44H46N4O8/c1-6-9-30-18-32-23-45-35-21-38(28(4)17-33(35)41(49)46(32)24-30)54-15-8-16-55-40-22-36-34(20-39(40)53-5)42(50)47-25-31(10-7-2)19-37(47)43(51)48(36)44(52)56-26-29-13-11-27(3)12-14-29/h6-7,9-14,17,20-25,32,37,43,51H,8,15-16,18-19,26H2,1-5H3/b9-6+,10-7+/t32-,37-,43-/m0/s1. The number of aliphatic hydroxyl groups is 1. The van der Waals surface area contributed by atoms with E-state index in [1.54, 1.807) is 17.2 Å². The van der Waals surface area contributed by atoms with Crippen LogP contribution >= 0.6 is 0 Å². The molecule has 12 nitrogen and oxygen atoms in total. The van der Waals surface area contributed by atoms with Crippen LogP contribution in [0.3, 0.4) is 0 Å². The number of fused-ring (bicyclic) bond motifs is 4. The zero-order valence-electron chi connectivity index (χ0n) is 32.2. The fraction of sp³-hybridized carbons (Fsp3) is 0.318. The van der Waals surface area contributed by atoms with Crippen LogP contribution in [-0.2, 0) is 11.3 Å². The van der Waals surface area contributed by atoms with E-state index in [1.165, 1.54) is 24.1 Å². The quantitative estimate of drug-likeness (QED) is 0.197. The van der Waals surface area contributed by atoms with E-state index in [9.17, 15) is 19.5 Å². The Labute approximate surface area is 326 Å². The van der Waals surface area contributed by atoms with Crippen molar-refractivity contribution >= 4 is 35.5 Å². The maximum atomic E-state index is 14.1. The second-order valence-corrected chi connectivity index (χ2v) is 14.2. The molecular formula is C44H46N4O8. The number of allylic oxidation sites excluding steroid dienone is 4. The minimum absolute atomic E-state index is 0.0259. The summed E-state index contributed by atoms with van der Waals surface area (Å²) in [7, 11) is 1.47. The summed E-state index contributed by atoms with van der Waals surface area (Å²) in [5, 5.41) is 11.8. The number of aryl methyl sites for hydroxylation is 2. The van der Waals surface area contributed by atoms with Gasteiger partial charge in [0.2, 0.25) is 0 Å². The van der Waals surface area contributed by atoms with Crippen molar-refractivity contribution in [3.05, 3.63) is 124 Å². The predicted molar refractivity (Wildman–Crippen MR) is 213 cm³/mol. The van der Waals surface area contributed by atoms with E-state index in [0.29, 0.717) is 42.9 Å². The number of hydrogen-bond acceptors (Lipinski definition) is 9. The number of hydrogen-bond donors (Lipinski definition) is 1. The number of aliphatic hydroxyl groups excluding tert-OH is 1. The molecular weight excluding hydrogens is 713 g/mol. The zero-order chi connectivity index (χ0) is 39.5. The molecule has 0 aromatic heterocycles. The smallest absolute Gasteiger partial charge is 0.416 e. The molecule has 4 aliphatic heterocycles. The van der Waals surface area contributed by atoms with Crippen LogP contribution in [-0.4, -0.2) is 77.7 Å². The molecule has 290 valence electrons. The highest BCUT2D eigenvalue weighted by Gasteiger charge is 2.45. The molecule has 3 atom stereocenters. The average molecular weight is 759 g/mol. The maximum Gasteiger partial charge on any atom is 0.416 e. The van der Waals surface area contributed by atoms with E-state index in [0.717, 1.165) is 32.7 Å². The van der Waals surface area contributed by atoms with Crippen LogP contribution < -0.4 is 19.1 Å². The largest absolute Gasteiger partial charge is 0.493 e. The number of carbonyl (C=O) groups is 3. The summed E-state index contributed by atoms with van der Waals surface area (Å²) >= 11 is 0. The van der Waals surface area contributed by atoms with E-state index in [1.807, 2.05) is 94.7 Å². The molecule has 0 saturated heterocycles. The van der Waals surface area contributed by atoms with Crippen molar-refractivity contribution in [3.63, 3.8) is 0 Å². The van der Waals surface area contributed by atoms with Crippen molar-refractivity contribution in [3.8, 4) is 17.2 Å². The predicted octanol–water partition coefficient (Wildman–Crippen LogP) is 7.70. The third-order valence-electron chi connectivity index (χ3n) is 10.2. The number of amides is 3. The topological polar surface area (TPSA) is 130 Å². The Bertz CT molecular complexity index is 2190. The number of anilines is 1. The molecule has 0 bridgehead atoms. The van der Waals surface area contributed by atoms with Crippen LogP contribution in [0.25, 0.3) is 0 Å². The van der Waals surface area contributed by atoms with Crippen LogP contribution in [0.1, 0.15) is 70.5 Å². The van der Waals surface area contributed by atoms with E-state index >= 15 is 0 Å². The van der Waals surface area contributed by atoms with Crippen molar-refractivity contribution in [2.75, 3.05) is 25.2 Å². The summed E-state index contributed by atoms with van der Waals surface area (Å²) in [6, 6.07) is 13.4. The molecule has 0 radical (unpaired) electrons. The van der Waals surface area contributed by atoms with Crippen molar-refractivity contribution in [1.82, 2.24) is 9.80 Å². The van der Waals surface area contributed by atoms with Gasteiger partial charge in [0.05, 0.1) is 54.9 Å². The number of benzene rings is 3. The Kier molecular flexibility index (Phi) is 11.1. The average Bonchev–Trinajstić information content (AvgIpc) is 3.76. The van der Waals surface area contributed by atoms with Gasteiger partial charge in [0.25, 0.3) is 11.8 Å². The number of nitrogens with zero attached hydrogens (tertiary/aromatic N) is 4. The molecule has 0 saturated carbocycles. The van der Waals surface area contributed by atoms with Crippen molar-refractivity contribution in [2.24, 2.45) is 4.99 Å². The van der Waals surface area contributed by atoms with Gasteiger partial charge in [-0.15, -0.1) is 0 Å². The summed E-state index contributed by atoms with van der Waals surface area (Å²) < 4.78 is 23.7. The zero-order valence-corrected chi connectivity index (χ0v) is 32.2. The van der Waals surface area contributed by atoms with Crippen LogP contribution in [0.4, 0.5) is 16.2 Å². The summed E-state index contributed by atoms with van der Waals surface area (Å²) in [5.41, 5.74) is 5.96. The number of rotatable bonds is 11. The van der Waals surface area contributed by atoms with Gasteiger partial charge in [-0.25, -0.2) is 9.69 Å². The third kappa shape index (κ3) is 7.57. The van der Waals surface area contributed by atoms with Gasteiger partial charge in [0.15, 0.2) is 17.7 Å². The van der Waals surface area contributed by atoms with Gasteiger partial charge in [-0.05, 0) is 74.9 Å². The van der Waals surface area contributed by atoms with Crippen molar-refractivity contribution in [1.29, 1.82) is 0 Å². The van der Waals surface area contributed by atoms with Gasteiger partial charge in [-0.3, -0.25) is 14.6 Å². The number of aliphatic imine (C=N–C) groups is 1. The number of methoxy groups -OCH3 is 1. The Morgan fingerprint density at radius 3 is 2.25 bits per heavy atom. The lowest BCUT2D eigenvalue weighted by molar-refractivity contribution is 0.0545. The maximum absolute atomic E-state index is 14.1. The highest BCUT2D eigenvalue weighted by atomic mass is 16.6. The molecule has 56 heavy (non-hydrogen) atoms. The normalized spacial score (nSPS) is 20.0. The summed E-state index contributed by atoms with van der Waals surface area (Å²) in [4.78, 5) is 50.4. The molecule has 4 heterocycles. The second kappa shape index (κ2) is 16.3. The summed E-state index contributed by atoms with van der Waals surface area (Å²) in [6.07, 6.45) is 12.4. The molecule has 3 aromatic rings. The Balaban J connectivity index is 1.07. The fourth-order valence-corrected chi connectivity index (χ4v) is 7.37. The minimum Gasteiger partial charge on any atom is -0.493 e. The Morgan fingerprint density at radius 2 is 1.54 bits per heavy atom. The lowest BCUT2D eigenvalue weighted by Gasteiger charge is -2.31. The molecule has 0 fully saturated rings. The molecule has 3 amide bonds. The fourth-order valence-electron chi connectivity index (χ4n) is 7.37. The van der Waals surface area contributed by atoms with Crippen LogP contribution in [0.2, 0.25) is 0 Å². The first-order valence-electron chi connectivity index (χ1n) is 18.8. The highest BCUT2D eigenvalue weighted by Crippen LogP contribution is 2.42. The summed E-state index contributed by atoms with van der Waals surface area (Å²) in [6.45, 7) is 8.16. The molecule has 1 N–H and O–H groups in total. The van der Waals surface area contributed by atoms with Crippen LogP contribution in [0.5, 0.6) is 17.2 Å². The second-order valence-electron chi connectivity index (χ2n) is 14.2. The van der Waals surface area contributed by atoms with Gasteiger partial charge in [-0.2, -0.15) is 0 Å². The van der Waals surface area contributed by atoms with E-state index < -0.39 is 24.3 Å². The van der Waals surface area contributed by atoms with Crippen molar-refractivity contribution in [2.45, 2.75) is 71.9 Å². The molecule has 7 rings (SSSR count). The van der Waals surface area contributed by atoms with Gasteiger partial charge in [0.1, 0.15) is 12.4 Å². The summed E-state index contributed by atoms with van der Waals surface area (Å²) in [5.74, 6) is 0.683. The lowest BCUT2D eigenvalue weighted by Crippen LogP contribution is -2.50. The van der Waals surface area contributed by atoms with Crippen LogP contribution in [0.15, 0.2) is 101 Å². The van der Waals surface area contributed by atoms with Crippen LogP contribution in [0, 0.1) is 13.8 Å². The first-order valence-corrected chi connectivity index (χ1v) is 18.8. The molecule has 4 aliphatic rings. The van der Waals surface area contributed by atoms with E-state index in [-0.39, 0.29) is 47.9 Å². The SMILES string of the molecule is C/C=C/C1=CN2C(=O)c3cc(C)c(OCCCOc4cc5c(cc4OC)C(=O)N4C=C(/C=C/C)C[C@H]4[C@H](O)N5C(=O)OCc4ccc(C)cc4)cc3N=C[C@@H]2C1. The molecule has 3 aromatic carbocycles. The van der Waals surface area contributed by atoms with Crippen molar-refractivity contribution < 1.29 is 38.4 Å². The van der Waals surface area contributed by atoms with Gasteiger partial charge < -0.3 is 33.9 Å². The van der Waals surface area contributed by atoms with Gasteiger partial charge in [-0.1, -0.05) is 54.1 Å². The number of ether oxygens (including phenoxy) is 4.